The molecule has 0 radical (unpaired) electrons. The van der Waals surface area contributed by atoms with Gasteiger partial charge in [0.05, 0.1) is 6.04 Å². The second kappa shape index (κ2) is 9.45. The summed E-state index contributed by atoms with van der Waals surface area (Å²) in [5.74, 6) is 0.890. The van der Waals surface area contributed by atoms with Crippen LogP contribution in [-0.4, -0.2) is 36.7 Å². The number of nitrogens with one attached hydrogen (secondary N) is 1. The number of carbonyl (C=O) groups excluding carboxylic acids is 1. The van der Waals surface area contributed by atoms with E-state index >= 15 is 0 Å². The van der Waals surface area contributed by atoms with Crippen molar-refractivity contribution in [3.05, 3.63) is 70.2 Å². The molecule has 1 fully saturated rings. The highest BCUT2D eigenvalue weighted by Gasteiger charge is 2.25. The van der Waals surface area contributed by atoms with Gasteiger partial charge < -0.3 is 5.32 Å². The van der Waals surface area contributed by atoms with Crippen LogP contribution in [-0.2, 0) is 5.75 Å². The zero-order chi connectivity index (χ0) is 18.4. The molecule has 2 aromatic carbocycles. The van der Waals surface area contributed by atoms with Gasteiger partial charge in [0.1, 0.15) is 0 Å². The van der Waals surface area contributed by atoms with Crippen molar-refractivity contribution in [2.75, 3.05) is 25.9 Å². The van der Waals surface area contributed by atoms with E-state index in [4.69, 9.17) is 11.6 Å². The van der Waals surface area contributed by atoms with E-state index in [2.05, 4.69) is 28.6 Å². The molecule has 0 aliphatic carbocycles. The molecule has 5 heteroatoms. The molecule has 1 amide bonds. The number of halogens is 1. The number of likely N-dealkylation sites (tertiary alicyclic amines) is 1. The van der Waals surface area contributed by atoms with Gasteiger partial charge >= 0.3 is 0 Å². The number of rotatable bonds is 7. The molecular formula is C21H25ClN2OS. The number of benzene rings is 2. The molecule has 0 aromatic heterocycles. The summed E-state index contributed by atoms with van der Waals surface area (Å²) in [7, 11) is 0. The van der Waals surface area contributed by atoms with Gasteiger partial charge in [-0.05, 0) is 61.5 Å². The molecule has 3 rings (SSSR count). The lowest BCUT2D eigenvalue weighted by atomic mass is 10.0. The number of nitrogens with zero attached hydrogens (tertiary/aromatic N) is 1. The summed E-state index contributed by atoms with van der Waals surface area (Å²) in [4.78, 5) is 15.1. The molecule has 1 heterocycles. The molecule has 138 valence electrons. The molecule has 1 atom stereocenters. The second-order valence-corrected chi connectivity index (χ2v) is 7.90. The third-order valence-electron chi connectivity index (χ3n) is 4.80. The van der Waals surface area contributed by atoms with Crippen molar-refractivity contribution in [3.8, 4) is 0 Å². The van der Waals surface area contributed by atoms with Gasteiger partial charge in [0.25, 0.3) is 5.91 Å². The molecule has 1 unspecified atom stereocenters. The van der Waals surface area contributed by atoms with Crippen molar-refractivity contribution in [2.45, 2.75) is 24.6 Å². The fourth-order valence-electron chi connectivity index (χ4n) is 3.49. The van der Waals surface area contributed by atoms with Crippen molar-refractivity contribution in [1.82, 2.24) is 10.2 Å². The zero-order valence-corrected chi connectivity index (χ0v) is 16.7. The standard InChI is InChI=1S/C21H25ClN2OS/c1-26-15-16-7-6-8-17(13-16)21(25)23-14-20(24-11-4-5-12-24)18-9-2-3-10-19(18)22/h2-3,6-10,13,20H,4-5,11-12,14-15H2,1H3,(H,23,25). The van der Waals surface area contributed by atoms with Crippen LogP contribution < -0.4 is 5.32 Å². The number of hydrogen-bond donors (Lipinski definition) is 1. The van der Waals surface area contributed by atoms with E-state index in [-0.39, 0.29) is 11.9 Å². The van der Waals surface area contributed by atoms with Gasteiger partial charge in [-0.3, -0.25) is 9.69 Å². The van der Waals surface area contributed by atoms with Crippen LogP contribution in [0.5, 0.6) is 0 Å². The first kappa shape index (κ1) is 19.3. The predicted octanol–water partition coefficient (Wildman–Crippen LogP) is 4.77. The summed E-state index contributed by atoms with van der Waals surface area (Å²) in [6, 6.07) is 15.9. The van der Waals surface area contributed by atoms with Gasteiger partial charge in [-0.1, -0.05) is 41.9 Å². The minimum absolute atomic E-state index is 0.0239. The van der Waals surface area contributed by atoms with Crippen LogP contribution in [0.3, 0.4) is 0 Å². The van der Waals surface area contributed by atoms with E-state index in [0.29, 0.717) is 6.54 Å². The molecule has 3 nitrogen and oxygen atoms in total. The van der Waals surface area contributed by atoms with Crippen LogP contribution >= 0.6 is 23.4 Å². The average molecular weight is 389 g/mol. The van der Waals surface area contributed by atoms with E-state index in [9.17, 15) is 4.79 Å². The van der Waals surface area contributed by atoms with Crippen molar-refractivity contribution >= 4 is 29.3 Å². The Morgan fingerprint density at radius 2 is 1.96 bits per heavy atom. The second-order valence-electron chi connectivity index (χ2n) is 6.62. The van der Waals surface area contributed by atoms with Crippen LogP contribution in [0.25, 0.3) is 0 Å². The number of amides is 1. The zero-order valence-electron chi connectivity index (χ0n) is 15.1. The van der Waals surface area contributed by atoms with Crippen molar-refractivity contribution < 1.29 is 4.79 Å². The largest absolute Gasteiger partial charge is 0.350 e. The number of thioether (sulfide) groups is 1. The summed E-state index contributed by atoms with van der Waals surface area (Å²) in [5.41, 5.74) is 2.98. The van der Waals surface area contributed by atoms with Crippen LogP contribution in [0.2, 0.25) is 5.02 Å². The van der Waals surface area contributed by atoms with Gasteiger partial charge in [-0.25, -0.2) is 0 Å². The summed E-state index contributed by atoms with van der Waals surface area (Å²) < 4.78 is 0. The Bertz CT molecular complexity index is 746. The van der Waals surface area contributed by atoms with Crippen LogP contribution in [0.4, 0.5) is 0 Å². The molecule has 0 spiro atoms. The lowest BCUT2D eigenvalue weighted by Crippen LogP contribution is -2.37. The van der Waals surface area contributed by atoms with E-state index in [1.807, 2.05) is 36.4 Å². The minimum atomic E-state index is -0.0239. The average Bonchev–Trinajstić information content (AvgIpc) is 3.18. The molecule has 1 aliphatic rings. The van der Waals surface area contributed by atoms with Crippen LogP contribution in [0.1, 0.15) is 40.4 Å². The highest BCUT2D eigenvalue weighted by molar-refractivity contribution is 7.97. The van der Waals surface area contributed by atoms with Gasteiger partial charge in [-0.15, -0.1) is 0 Å². The van der Waals surface area contributed by atoms with E-state index in [1.165, 1.54) is 18.4 Å². The SMILES string of the molecule is CSCc1cccc(C(=O)NCC(c2ccccc2Cl)N2CCCC2)c1. The van der Waals surface area contributed by atoms with E-state index in [0.717, 1.165) is 35.0 Å². The molecule has 0 bridgehead atoms. The maximum atomic E-state index is 12.7. The fraction of sp³-hybridized carbons (Fsp3) is 0.381. The first-order chi connectivity index (χ1) is 12.7. The maximum Gasteiger partial charge on any atom is 0.251 e. The van der Waals surface area contributed by atoms with Crippen molar-refractivity contribution in [3.63, 3.8) is 0 Å². The van der Waals surface area contributed by atoms with Crippen LogP contribution in [0, 0.1) is 0 Å². The van der Waals surface area contributed by atoms with Gasteiger partial charge in [0.15, 0.2) is 0 Å². The quantitative estimate of drug-likeness (QED) is 0.741. The molecule has 1 saturated heterocycles. The topological polar surface area (TPSA) is 32.3 Å². The highest BCUT2D eigenvalue weighted by atomic mass is 35.5. The summed E-state index contributed by atoms with van der Waals surface area (Å²) in [5, 5.41) is 3.89. The van der Waals surface area contributed by atoms with Crippen LogP contribution in [0.15, 0.2) is 48.5 Å². The number of hydrogen-bond acceptors (Lipinski definition) is 3. The Morgan fingerprint density at radius 3 is 2.69 bits per heavy atom. The molecule has 26 heavy (non-hydrogen) atoms. The summed E-state index contributed by atoms with van der Waals surface area (Å²) in [6.45, 7) is 2.67. The monoisotopic (exact) mass is 388 g/mol. The molecule has 1 aliphatic heterocycles. The highest BCUT2D eigenvalue weighted by Crippen LogP contribution is 2.29. The first-order valence-corrected chi connectivity index (χ1v) is 10.8. The maximum absolute atomic E-state index is 12.7. The molecule has 2 aromatic rings. The Labute approximate surface area is 165 Å². The van der Waals surface area contributed by atoms with Crippen molar-refractivity contribution in [2.24, 2.45) is 0 Å². The summed E-state index contributed by atoms with van der Waals surface area (Å²) >= 11 is 8.20. The van der Waals surface area contributed by atoms with E-state index < -0.39 is 0 Å². The molecular weight excluding hydrogens is 364 g/mol. The molecule has 0 saturated carbocycles. The van der Waals surface area contributed by atoms with E-state index in [1.54, 1.807) is 11.8 Å². The smallest absolute Gasteiger partial charge is 0.251 e. The summed E-state index contributed by atoms with van der Waals surface area (Å²) in [6.07, 6.45) is 4.47. The molecule has 1 N–H and O–H groups in total. The first-order valence-electron chi connectivity index (χ1n) is 9.03. The van der Waals surface area contributed by atoms with Gasteiger partial charge in [0.2, 0.25) is 0 Å². The Hall–Kier alpha value is -1.49. The number of carbonyl (C=O) groups is 1. The normalized spacial score (nSPS) is 15.8. The predicted molar refractivity (Wildman–Crippen MR) is 111 cm³/mol. The lowest BCUT2D eigenvalue weighted by molar-refractivity contribution is 0.0938. The van der Waals surface area contributed by atoms with Crippen molar-refractivity contribution in [1.29, 1.82) is 0 Å². The van der Waals surface area contributed by atoms with Gasteiger partial charge in [-0.2, -0.15) is 11.8 Å². The Balaban J connectivity index is 1.72. The van der Waals surface area contributed by atoms with Gasteiger partial charge in [0, 0.05) is 22.9 Å². The third kappa shape index (κ3) is 4.81. The lowest BCUT2D eigenvalue weighted by Gasteiger charge is -2.29. The third-order valence-corrected chi connectivity index (χ3v) is 5.77. The fourth-order valence-corrected chi connectivity index (χ4v) is 4.27. The minimum Gasteiger partial charge on any atom is -0.350 e. The Kier molecular flexibility index (Phi) is 7.00. The Morgan fingerprint density at radius 1 is 1.19 bits per heavy atom.